The van der Waals surface area contributed by atoms with Gasteiger partial charge in [-0.3, -0.25) is 0 Å². The zero-order valence-corrected chi connectivity index (χ0v) is 12.6. The molecule has 0 radical (unpaired) electrons. The first-order chi connectivity index (χ1) is 8.45. The quantitative estimate of drug-likeness (QED) is 0.775. The molecular formula is C15H24FNS. The van der Waals surface area contributed by atoms with Gasteiger partial charge in [0.15, 0.2) is 0 Å². The van der Waals surface area contributed by atoms with Crippen molar-refractivity contribution in [2.75, 3.05) is 18.6 Å². The van der Waals surface area contributed by atoms with Gasteiger partial charge in [-0.25, -0.2) is 4.39 Å². The summed E-state index contributed by atoms with van der Waals surface area (Å²) in [6.45, 7) is 7.63. The zero-order valence-electron chi connectivity index (χ0n) is 11.8. The number of rotatable bonds is 6. The average Bonchev–Trinajstić information content (AvgIpc) is 2.29. The summed E-state index contributed by atoms with van der Waals surface area (Å²) in [7, 11) is 0. The molecule has 1 N–H and O–H groups in total. The summed E-state index contributed by atoms with van der Waals surface area (Å²) in [6.07, 6.45) is 3.29. The van der Waals surface area contributed by atoms with E-state index in [0.29, 0.717) is 0 Å². The predicted octanol–water partition coefficient (Wildman–Crippen LogP) is 4.26. The molecule has 0 aliphatic carbocycles. The number of thioether (sulfide) groups is 1. The van der Waals surface area contributed by atoms with Gasteiger partial charge in [0.25, 0.3) is 0 Å². The Kier molecular flexibility index (Phi) is 6.16. The monoisotopic (exact) mass is 269 g/mol. The minimum Gasteiger partial charge on any atom is -0.309 e. The molecule has 0 saturated carbocycles. The molecule has 1 atom stereocenters. The van der Waals surface area contributed by atoms with E-state index in [1.54, 1.807) is 0 Å². The van der Waals surface area contributed by atoms with E-state index in [1.807, 2.05) is 23.9 Å². The van der Waals surface area contributed by atoms with Crippen LogP contribution in [0.2, 0.25) is 0 Å². The van der Waals surface area contributed by atoms with Gasteiger partial charge in [0, 0.05) is 6.04 Å². The Morgan fingerprint density at radius 2 is 1.83 bits per heavy atom. The fraction of sp³-hybridized carbons (Fsp3) is 0.600. The summed E-state index contributed by atoms with van der Waals surface area (Å²) in [5.74, 6) is 1.00. The highest BCUT2D eigenvalue weighted by molar-refractivity contribution is 7.98. The summed E-state index contributed by atoms with van der Waals surface area (Å²) in [6, 6.07) is 7.11. The van der Waals surface area contributed by atoms with Crippen LogP contribution >= 0.6 is 11.8 Å². The minimum atomic E-state index is -0.172. The maximum absolute atomic E-state index is 13.0. The van der Waals surface area contributed by atoms with Crippen molar-refractivity contribution in [2.45, 2.75) is 33.2 Å². The van der Waals surface area contributed by atoms with Crippen molar-refractivity contribution in [3.8, 4) is 0 Å². The van der Waals surface area contributed by atoms with Gasteiger partial charge in [0.1, 0.15) is 5.82 Å². The normalized spacial score (nSPS) is 13.6. The molecule has 0 aliphatic heterocycles. The molecule has 102 valence electrons. The molecule has 0 aliphatic rings. The van der Waals surface area contributed by atoms with Crippen molar-refractivity contribution in [1.82, 2.24) is 5.32 Å². The second-order valence-electron chi connectivity index (χ2n) is 5.65. The highest BCUT2D eigenvalue weighted by atomic mass is 32.2. The summed E-state index contributed by atoms with van der Waals surface area (Å²) in [4.78, 5) is 0. The van der Waals surface area contributed by atoms with Crippen LogP contribution in [0.5, 0.6) is 0 Å². The third kappa shape index (κ3) is 4.99. The van der Waals surface area contributed by atoms with Gasteiger partial charge in [0.2, 0.25) is 0 Å². The van der Waals surface area contributed by atoms with Crippen molar-refractivity contribution >= 4 is 11.8 Å². The highest BCUT2D eigenvalue weighted by Gasteiger charge is 2.25. The first kappa shape index (κ1) is 15.5. The third-order valence-corrected chi connectivity index (χ3v) is 3.64. The zero-order chi connectivity index (χ0) is 13.6. The van der Waals surface area contributed by atoms with E-state index in [2.05, 4.69) is 32.3 Å². The Balaban J connectivity index is 2.70. The Morgan fingerprint density at radius 3 is 2.33 bits per heavy atom. The van der Waals surface area contributed by atoms with Crippen molar-refractivity contribution < 1.29 is 4.39 Å². The van der Waals surface area contributed by atoms with E-state index in [4.69, 9.17) is 0 Å². The molecular weight excluding hydrogens is 245 g/mol. The molecule has 0 spiro atoms. The average molecular weight is 269 g/mol. The molecule has 18 heavy (non-hydrogen) atoms. The highest BCUT2D eigenvalue weighted by Crippen LogP contribution is 2.32. The van der Waals surface area contributed by atoms with Crippen LogP contribution in [0.3, 0.4) is 0 Å². The maximum atomic E-state index is 13.0. The van der Waals surface area contributed by atoms with Crippen LogP contribution in [-0.2, 0) is 0 Å². The second kappa shape index (κ2) is 7.15. The number of benzene rings is 1. The number of halogens is 1. The van der Waals surface area contributed by atoms with Crippen molar-refractivity contribution in [2.24, 2.45) is 5.41 Å². The maximum Gasteiger partial charge on any atom is 0.123 e. The summed E-state index contributed by atoms with van der Waals surface area (Å²) < 4.78 is 13.0. The summed E-state index contributed by atoms with van der Waals surface area (Å²) in [5.41, 5.74) is 1.28. The first-order valence-electron chi connectivity index (χ1n) is 6.43. The lowest BCUT2D eigenvalue weighted by Gasteiger charge is -2.32. The fourth-order valence-electron chi connectivity index (χ4n) is 2.04. The fourth-order valence-corrected chi connectivity index (χ4v) is 2.48. The lowest BCUT2D eigenvalue weighted by Crippen LogP contribution is -2.33. The SMILES string of the molecule is CSCCCNC(c1ccc(F)cc1)C(C)(C)C. The van der Waals surface area contributed by atoms with E-state index in [1.165, 1.54) is 17.9 Å². The molecule has 1 rings (SSSR count). The van der Waals surface area contributed by atoms with Gasteiger partial charge in [-0.1, -0.05) is 32.9 Å². The van der Waals surface area contributed by atoms with Crippen molar-refractivity contribution in [1.29, 1.82) is 0 Å². The van der Waals surface area contributed by atoms with Crippen LogP contribution in [0.4, 0.5) is 4.39 Å². The van der Waals surface area contributed by atoms with Crippen LogP contribution in [0.15, 0.2) is 24.3 Å². The molecule has 1 nitrogen and oxygen atoms in total. The first-order valence-corrected chi connectivity index (χ1v) is 7.82. The molecule has 0 amide bonds. The number of hydrogen-bond acceptors (Lipinski definition) is 2. The van der Waals surface area contributed by atoms with Gasteiger partial charge >= 0.3 is 0 Å². The lowest BCUT2D eigenvalue weighted by molar-refractivity contribution is 0.273. The molecule has 1 aromatic rings. The molecule has 0 aromatic heterocycles. The van der Waals surface area contributed by atoms with Crippen LogP contribution in [-0.4, -0.2) is 18.6 Å². The van der Waals surface area contributed by atoms with Crippen LogP contribution < -0.4 is 5.32 Å². The van der Waals surface area contributed by atoms with E-state index in [0.717, 1.165) is 18.5 Å². The number of nitrogens with one attached hydrogen (secondary N) is 1. The largest absolute Gasteiger partial charge is 0.309 e. The van der Waals surface area contributed by atoms with Crippen LogP contribution in [0, 0.1) is 11.2 Å². The second-order valence-corrected chi connectivity index (χ2v) is 6.64. The Bertz CT molecular complexity index is 343. The molecule has 1 unspecified atom stereocenters. The Labute approximate surface area is 115 Å². The molecule has 1 aromatic carbocycles. The Hall–Kier alpha value is -0.540. The molecule has 0 heterocycles. The lowest BCUT2D eigenvalue weighted by atomic mass is 9.82. The van der Waals surface area contributed by atoms with Crippen molar-refractivity contribution in [3.05, 3.63) is 35.6 Å². The minimum absolute atomic E-state index is 0.122. The van der Waals surface area contributed by atoms with Crippen LogP contribution in [0.1, 0.15) is 38.8 Å². The van der Waals surface area contributed by atoms with Crippen molar-refractivity contribution in [3.63, 3.8) is 0 Å². The van der Waals surface area contributed by atoms with E-state index < -0.39 is 0 Å². The molecule has 0 bridgehead atoms. The van der Waals surface area contributed by atoms with E-state index in [9.17, 15) is 4.39 Å². The van der Waals surface area contributed by atoms with E-state index in [-0.39, 0.29) is 17.3 Å². The Morgan fingerprint density at radius 1 is 1.22 bits per heavy atom. The van der Waals surface area contributed by atoms with Gasteiger partial charge < -0.3 is 5.32 Å². The van der Waals surface area contributed by atoms with Gasteiger partial charge in [-0.05, 0) is 48.1 Å². The van der Waals surface area contributed by atoms with E-state index >= 15 is 0 Å². The number of hydrogen-bond donors (Lipinski definition) is 1. The van der Waals surface area contributed by atoms with Gasteiger partial charge in [-0.15, -0.1) is 0 Å². The molecule has 0 saturated heterocycles. The smallest absolute Gasteiger partial charge is 0.123 e. The van der Waals surface area contributed by atoms with Crippen LogP contribution in [0.25, 0.3) is 0 Å². The van der Waals surface area contributed by atoms with Gasteiger partial charge in [0.05, 0.1) is 0 Å². The summed E-state index contributed by atoms with van der Waals surface area (Å²) >= 11 is 1.87. The standard InChI is InChI=1S/C15H24FNS/c1-15(2,3)14(17-10-5-11-18-4)12-6-8-13(16)9-7-12/h6-9,14,17H,5,10-11H2,1-4H3. The molecule has 3 heteroatoms. The topological polar surface area (TPSA) is 12.0 Å². The summed E-state index contributed by atoms with van der Waals surface area (Å²) in [5, 5.41) is 3.59. The molecule has 0 fully saturated rings. The predicted molar refractivity (Wildman–Crippen MR) is 79.6 cm³/mol. The van der Waals surface area contributed by atoms with Gasteiger partial charge in [-0.2, -0.15) is 11.8 Å². The third-order valence-electron chi connectivity index (χ3n) is 2.94.